The molecule has 4 nitrogen and oxygen atoms in total. The van der Waals surface area contributed by atoms with Gasteiger partial charge in [0.25, 0.3) is 0 Å². The van der Waals surface area contributed by atoms with E-state index in [1.165, 1.54) is 6.42 Å². The zero-order valence-corrected chi connectivity index (χ0v) is 9.89. The highest BCUT2D eigenvalue weighted by Crippen LogP contribution is 2.54. The molecule has 0 spiro atoms. The van der Waals surface area contributed by atoms with E-state index in [0.29, 0.717) is 12.8 Å². The first kappa shape index (κ1) is 11.1. The number of carboxylic acids is 1. The van der Waals surface area contributed by atoms with Gasteiger partial charge >= 0.3 is 5.97 Å². The third-order valence-corrected chi connectivity index (χ3v) is 4.74. The van der Waals surface area contributed by atoms with Crippen LogP contribution in [0.2, 0.25) is 0 Å². The van der Waals surface area contributed by atoms with Crippen molar-refractivity contribution in [3.63, 3.8) is 0 Å². The number of nitrogens with one attached hydrogen (secondary N) is 1. The van der Waals surface area contributed by atoms with Crippen molar-refractivity contribution < 1.29 is 14.7 Å². The second-order valence-electron chi connectivity index (χ2n) is 5.98. The van der Waals surface area contributed by atoms with E-state index in [1.54, 1.807) is 0 Å². The number of carbonyl (C=O) groups excluding carboxylic acids is 1. The van der Waals surface area contributed by atoms with Gasteiger partial charge in [-0.3, -0.25) is 9.59 Å². The third kappa shape index (κ3) is 2.17. The van der Waals surface area contributed by atoms with Crippen molar-refractivity contribution in [1.29, 1.82) is 0 Å². The van der Waals surface area contributed by atoms with Crippen LogP contribution in [0, 0.1) is 23.7 Å². The van der Waals surface area contributed by atoms with Gasteiger partial charge in [-0.05, 0) is 50.4 Å². The Morgan fingerprint density at radius 2 is 1.65 bits per heavy atom. The molecule has 0 heterocycles. The Morgan fingerprint density at radius 3 is 2.24 bits per heavy atom. The van der Waals surface area contributed by atoms with E-state index < -0.39 is 5.97 Å². The molecule has 17 heavy (non-hydrogen) atoms. The number of aliphatic carboxylic acids is 1. The minimum Gasteiger partial charge on any atom is -0.481 e. The van der Waals surface area contributed by atoms with Crippen molar-refractivity contribution in [1.82, 2.24) is 5.32 Å². The third-order valence-electron chi connectivity index (χ3n) is 4.74. The summed E-state index contributed by atoms with van der Waals surface area (Å²) in [4.78, 5) is 22.8. The van der Waals surface area contributed by atoms with E-state index >= 15 is 0 Å². The van der Waals surface area contributed by atoms with Crippen molar-refractivity contribution in [2.45, 2.75) is 44.6 Å². The molecule has 0 aliphatic heterocycles. The van der Waals surface area contributed by atoms with Gasteiger partial charge in [0.05, 0.1) is 5.92 Å². The summed E-state index contributed by atoms with van der Waals surface area (Å²) in [6, 6.07) is 0.0977. The van der Waals surface area contributed by atoms with Crippen molar-refractivity contribution in [2.75, 3.05) is 0 Å². The van der Waals surface area contributed by atoms with Crippen LogP contribution in [0.15, 0.2) is 0 Å². The van der Waals surface area contributed by atoms with Crippen LogP contribution in [0.25, 0.3) is 0 Å². The molecular formula is C13H19NO3. The quantitative estimate of drug-likeness (QED) is 0.779. The van der Waals surface area contributed by atoms with Crippen LogP contribution in [-0.4, -0.2) is 23.0 Å². The summed E-state index contributed by atoms with van der Waals surface area (Å²) in [6.45, 7) is 0. The molecule has 3 saturated carbocycles. The number of amides is 1. The van der Waals surface area contributed by atoms with Gasteiger partial charge in [-0.2, -0.15) is 0 Å². The maximum absolute atomic E-state index is 12.0. The maximum atomic E-state index is 12.0. The van der Waals surface area contributed by atoms with E-state index in [9.17, 15) is 9.59 Å². The topological polar surface area (TPSA) is 66.4 Å². The highest BCUT2D eigenvalue weighted by molar-refractivity contribution is 5.79. The van der Waals surface area contributed by atoms with Crippen molar-refractivity contribution >= 4 is 11.9 Å². The van der Waals surface area contributed by atoms with Gasteiger partial charge in [0, 0.05) is 12.0 Å². The molecule has 2 unspecified atom stereocenters. The normalized spacial score (nSPS) is 43.2. The summed E-state index contributed by atoms with van der Waals surface area (Å²) in [5.41, 5.74) is 0. The van der Waals surface area contributed by atoms with Crippen LogP contribution in [0.1, 0.15) is 38.5 Å². The first-order valence-corrected chi connectivity index (χ1v) is 6.66. The fraction of sp³-hybridized carbons (Fsp3) is 0.846. The van der Waals surface area contributed by atoms with Crippen LogP contribution >= 0.6 is 0 Å². The fourth-order valence-corrected chi connectivity index (χ4v) is 3.58. The first-order chi connectivity index (χ1) is 8.13. The number of hydrogen-bond acceptors (Lipinski definition) is 2. The molecule has 0 aromatic rings. The lowest BCUT2D eigenvalue weighted by atomic mass is 10.0. The Bertz CT molecular complexity index is 345. The summed E-state index contributed by atoms with van der Waals surface area (Å²) in [6.07, 6.45) is 5.59. The fourth-order valence-electron chi connectivity index (χ4n) is 3.58. The molecule has 94 valence electrons. The Labute approximate surface area is 101 Å². The van der Waals surface area contributed by atoms with Crippen molar-refractivity contribution in [3.05, 3.63) is 0 Å². The number of hydrogen-bond donors (Lipinski definition) is 2. The molecule has 0 aromatic heterocycles. The number of carbonyl (C=O) groups is 2. The molecule has 3 fully saturated rings. The number of rotatable bonds is 3. The van der Waals surface area contributed by atoms with Gasteiger partial charge in [-0.15, -0.1) is 0 Å². The molecule has 0 aromatic carbocycles. The van der Waals surface area contributed by atoms with Crippen LogP contribution in [0.5, 0.6) is 0 Å². The first-order valence-electron chi connectivity index (χ1n) is 6.66. The van der Waals surface area contributed by atoms with Crippen molar-refractivity contribution in [2.24, 2.45) is 23.7 Å². The zero-order chi connectivity index (χ0) is 12.0. The van der Waals surface area contributed by atoms with Gasteiger partial charge in [0.15, 0.2) is 0 Å². The highest BCUT2D eigenvalue weighted by Gasteiger charge is 2.48. The van der Waals surface area contributed by atoms with E-state index in [1.807, 2.05) is 0 Å². The van der Waals surface area contributed by atoms with Gasteiger partial charge in [0.2, 0.25) is 5.91 Å². The smallest absolute Gasteiger partial charge is 0.306 e. The Balaban J connectivity index is 1.47. The van der Waals surface area contributed by atoms with E-state index in [2.05, 4.69) is 5.32 Å². The molecule has 0 radical (unpaired) electrons. The monoisotopic (exact) mass is 237 g/mol. The molecular weight excluding hydrogens is 218 g/mol. The second-order valence-corrected chi connectivity index (χ2v) is 5.98. The van der Waals surface area contributed by atoms with E-state index in [0.717, 1.165) is 31.1 Å². The lowest BCUT2D eigenvalue weighted by Gasteiger charge is -2.17. The molecule has 4 atom stereocenters. The average Bonchev–Trinajstić information content (AvgIpc) is 2.75. The summed E-state index contributed by atoms with van der Waals surface area (Å²) in [5, 5.41) is 11.9. The minimum atomic E-state index is -0.719. The Hall–Kier alpha value is -1.06. The van der Waals surface area contributed by atoms with Crippen LogP contribution < -0.4 is 5.32 Å². The van der Waals surface area contributed by atoms with Gasteiger partial charge in [-0.25, -0.2) is 0 Å². The molecule has 2 N–H and O–H groups in total. The minimum absolute atomic E-state index is 0.0977. The molecule has 1 amide bonds. The van der Waals surface area contributed by atoms with Crippen LogP contribution in [-0.2, 0) is 9.59 Å². The zero-order valence-electron chi connectivity index (χ0n) is 9.89. The molecule has 3 rings (SSSR count). The largest absolute Gasteiger partial charge is 0.481 e. The Kier molecular flexibility index (Phi) is 2.60. The lowest BCUT2D eigenvalue weighted by molar-refractivity contribution is -0.141. The summed E-state index contributed by atoms with van der Waals surface area (Å²) in [7, 11) is 0. The summed E-state index contributed by atoms with van der Waals surface area (Å²) in [5.74, 6) is 1.05. The maximum Gasteiger partial charge on any atom is 0.306 e. The molecule has 4 heteroatoms. The number of fused-ring (bicyclic) bond motifs is 1. The molecule has 0 saturated heterocycles. The van der Waals surface area contributed by atoms with Crippen LogP contribution in [0.4, 0.5) is 0 Å². The SMILES string of the molecule is O=C(N[C@H]1CC[C@@H](C(=O)O)C1)C1CC2CC2C1. The second kappa shape index (κ2) is 4.00. The average molecular weight is 237 g/mol. The standard InChI is InChI=1S/C13H19NO3/c15-12(10-4-8-3-9(8)5-10)14-11-2-1-7(6-11)13(16)17/h7-11H,1-6H2,(H,14,15)(H,16,17)/t7-,8?,9?,10?,11+/m1/s1. The van der Waals surface area contributed by atoms with Crippen molar-refractivity contribution in [3.8, 4) is 0 Å². The van der Waals surface area contributed by atoms with Crippen LogP contribution in [0.3, 0.4) is 0 Å². The highest BCUT2D eigenvalue weighted by atomic mass is 16.4. The molecule has 3 aliphatic carbocycles. The predicted octanol–water partition coefficient (Wildman–Crippen LogP) is 1.40. The number of carboxylic acid groups (broad SMARTS) is 1. The summed E-state index contributed by atoms with van der Waals surface area (Å²) >= 11 is 0. The predicted molar refractivity (Wildman–Crippen MR) is 61.2 cm³/mol. The van der Waals surface area contributed by atoms with E-state index in [-0.39, 0.29) is 23.8 Å². The summed E-state index contributed by atoms with van der Waals surface area (Å²) < 4.78 is 0. The lowest BCUT2D eigenvalue weighted by Crippen LogP contribution is -2.37. The Morgan fingerprint density at radius 1 is 0.941 bits per heavy atom. The molecule has 0 bridgehead atoms. The van der Waals surface area contributed by atoms with Gasteiger partial charge in [0.1, 0.15) is 0 Å². The van der Waals surface area contributed by atoms with Gasteiger partial charge in [-0.1, -0.05) is 0 Å². The van der Waals surface area contributed by atoms with E-state index in [4.69, 9.17) is 5.11 Å². The molecule has 3 aliphatic rings. The van der Waals surface area contributed by atoms with Gasteiger partial charge < -0.3 is 10.4 Å².